The third-order valence-electron chi connectivity index (χ3n) is 4.76. The molecule has 0 unspecified atom stereocenters. The van der Waals surface area contributed by atoms with Crippen molar-refractivity contribution >= 4 is 16.7 Å². The number of rotatable bonds is 5. The number of hydrogen-bond donors (Lipinski definition) is 0. The Morgan fingerprint density at radius 1 is 1.19 bits per heavy atom. The molecule has 0 N–H and O–H groups in total. The van der Waals surface area contributed by atoms with Crippen LogP contribution in [0, 0.1) is 11.7 Å². The number of carbonyl (C=O) groups is 1. The molecule has 0 saturated carbocycles. The zero-order valence-corrected chi connectivity index (χ0v) is 14.8. The Balaban J connectivity index is 1.54. The van der Waals surface area contributed by atoms with Crippen LogP contribution in [0.3, 0.4) is 0 Å². The zero-order valence-electron chi connectivity index (χ0n) is 14.8. The lowest BCUT2D eigenvalue weighted by molar-refractivity contribution is -0.0194. The number of nitrogens with zero attached hydrogens (tertiary/aromatic N) is 1. The average molecular weight is 367 g/mol. The monoisotopic (exact) mass is 367 g/mol. The molecule has 0 amide bonds. The summed E-state index contributed by atoms with van der Waals surface area (Å²) in [7, 11) is 1.72. The van der Waals surface area contributed by atoms with Crippen LogP contribution in [0.2, 0.25) is 0 Å². The number of carbonyl (C=O) groups excluding carboxylic acids is 1. The summed E-state index contributed by atoms with van der Waals surface area (Å²) in [6, 6.07) is 13.0. The van der Waals surface area contributed by atoms with Crippen molar-refractivity contribution in [3.63, 3.8) is 0 Å². The van der Waals surface area contributed by atoms with Crippen LogP contribution in [0.1, 0.15) is 15.9 Å². The molecule has 1 saturated heterocycles. The maximum atomic E-state index is 13.9. The first-order chi connectivity index (χ1) is 13.0. The number of hydrogen-bond acceptors (Lipinski definition) is 4. The molecule has 0 radical (unpaired) electrons. The van der Waals surface area contributed by atoms with Crippen molar-refractivity contribution in [3.8, 4) is 5.75 Å². The first-order valence-corrected chi connectivity index (χ1v) is 8.65. The van der Waals surface area contributed by atoms with E-state index in [2.05, 4.69) is 0 Å². The fourth-order valence-corrected chi connectivity index (χ4v) is 3.10. The molecule has 6 heteroatoms. The van der Waals surface area contributed by atoms with E-state index in [0.29, 0.717) is 24.5 Å². The van der Waals surface area contributed by atoms with Crippen LogP contribution in [0.5, 0.6) is 5.75 Å². The number of pyridine rings is 1. The van der Waals surface area contributed by atoms with Crippen LogP contribution in [0.15, 0.2) is 53.3 Å². The van der Waals surface area contributed by atoms with E-state index in [1.165, 1.54) is 18.2 Å². The molecule has 4 rings (SSSR count). The molecule has 1 fully saturated rings. The number of ether oxygens (including phenoxy) is 2. The predicted molar refractivity (Wildman–Crippen MR) is 98.6 cm³/mol. The molecule has 0 aliphatic carbocycles. The smallest absolute Gasteiger partial charge is 0.250 e. The molecule has 5 nitrogen and oxygen atoms in total. The van der Waals surface area contributed by atoms with E-state index >= 15 is 0 Å². The van der Waals surface area contributed by atoms with Crippen molar-refractivity contribution in [2.75, 3.05) is 13.2 Å². The molecule has 1 aromatic heterocycles. The minimum Gasteiger partial charge on any atom is -0.489 e. The van der Waals surface area contributed by atoms with Crippen LogP contribution in [-0.2, 0) is 18.4 Å². The maximum absolute atomic E-state index is 13.9. The Morgan fingerprint density at radius 3 is 2.74 bits per heavy atom. The highest BCUT2D eigenvalue weighted by Crippen LogP contribution is 2.23. The first-order valence-electron chi connectivity index (χ1n) is 8.65. The van der Waals surface area contributed by atoms with Gasteiger partial charge in [-0.1, -0.05) is 6.07 Å². The third kappa shape index (κ3) is 3.48. The normalized spacial score (nSPS) is 14.1. The summed E-state index contributed by atoms with van der Waals surface area (Å²) in [6.07, 6.45) is 0. The Labute approximate surface area is 154 Å². The Bertz CT molecular complexity index is 1090. The van der Waals surface area contributed by atoms with Gasteiger partial charge < -0.3 is 14.0 Å². The van der Waals surface area contributed by atoms with Crippen molar-refractivity contribution in [1.29, 1.82) is 0 Å². The third-order valence-corrected chi connectivity index (χ3v) is 4.76. The molecular weight excluding hydrogens is 349 g/mol. The van der Waals surface area contributed by atoms with Gasteiger partial charge in [0.2, 0.25) is 0 Å². The van der Waals surface area contributed by atoms with Crippen LogP contribution in [0.4, 0.5) is 4.39 Å². The summed E-state index contributed by atoms with van der Waals surface area (Å²) in [5, 5.41) is 0.915. The number of Topliss-reactive ketones (excluding diaryl/α,β-unsaturated/α-hetero) is 1. The van der Waals surface area contributed by atoms with E-state index in [4.69, 9.17) is 9.47 Å². The summed E-state index contributed by atoms with van der Waals surface area (Å²) in [5.41, 5.74) is 1.94. The molecule has 1 aliphatic heterocycles. The van der Waals surface area contributed by atoms with Gasteiger partial charge in [0.05, 0.1) is 24.6 Å². The lowest BCUT2D eigenvalue weighted by Gasteiger charge is -2.24. The average Bonchev–Trinajstić information content (AvgIpc) is 2.61. The molecule has 138 valence electrons. The lowest BCUT2D eigenvalue weighted by atomic mass is 9.96. The molecule has 0 spiro atoms. The topological polar surface area (TPSA) is 57.5 Å². The second-order valence-electron chi connectivity index (χ2n) is 6.69. The molecular formula is C21H18FNO4. The molecule has 1 aliphatic rings. The molecule has 27 heavy (non-hydrogen) atoms. The largest absolute Gasteiger partial charge is 0.489 e. The Kier molecular flexibility index (Phi) is 4.49. The van der Waals surface area contributed by atoms with Gasteiger partial charge in [-0.3, -0.25) is 9.59 Å². The van der Waals surface area contributed by atoms with Gasteiger partial charge in [-0.15, -0.1) is 0 Å². The number of benzene rings is 2. The Morgan fingerprint density at radius 2 is 2.00 bits per heavy atom. The first kappa shape index (κ1) is 17.4. The molecule has 2 heterocycles. The number of ketones is 1. The minimum atomic E-state index is -0.510. The van der Waals surface area contributed by atoms with Crippen molar-refractivity contribution in [2.45, 2.75) is 6.61 Å². The number of fused-ring (bicyclic) bond motifs is 1. The maximum Gasteiger partial charge on any atom is 0.250 e. The summed E-state index contributed by atoms with van der Waals surface area (Å²) in [6.45, 7) is 0.985. The van der Waals surface area contributed by atoms with Crippen molar-refractivity contribution < 1.29 is 18.7 Å². The van der Waals surface area contributed by atoms with Crippen LogP contribution in [-0.4, -0.2) is 23.6 Å². The van der Waals surface area contributed by atoms with E-state index in [1.807, 2.05) is 18.2 Å². The number of halogens is 1. The number of aryl methyl sites for hydroxylation is 1. The van der Waals surface area contributed by atoms with E-state index < -0.39 is 5.82 Å². The van der Waals surface area contributed by atoms with Gasteiger partial charge in [-0.2, -0.15) is 0 Å². The highest BCUT2D eigenvalue weighted by atomic mass is 19.1. The SMILES string of the molecule is Cn1c(=O)ccc2cc(COc3cc(F)cc(C(=O)C4COC4)c3)ccc21. The second kappa shape index (κ2) is 6.96. The van der Waals surface area contributed by atoms with Crippen LogP contribution >= 0.6 is 0 Å². The van der Waals surface area contributed by atoms with E-state index in [0.717, 1.165) is 16.5 Å². The van der Waals surface area contributed by atoms with E-state index in [9.17, 15) is 14.0 Å². The lowest BCUT2D eigenvalue weighted by Crippen LogP contribution is -2.34. The summed E-state index contributed by atoms with van der Waals surface area (Å²) in [4.78, 5) is 24.0. The fraction of sp³-hybridized carbons (Fsp3) is 0.238. The predicted octanol–water partition coefficient (Wildman–Crippen LogP) is 3.09. The van der Waals surface area contributed by atoms with Crippen LogP contribution < -0.4 is 10.3 Å². The zero-order chi connectivity index (χ0) is 19.0. The van der Waals surface area contributed by atoms with Crippen molar-refractivity contribution in [2.24, 2.45) is 13.0 Å². The summed E-state index contributed by atoms with van der Waals surface area (Å²) in [5.74, 6) is -0.534. The van der Waals surface area contributed by atoms with Gasteiger partial charge in [-0.05, 0) is 41.3 Å². The van der Waals surface area contributed by atoms with Crippen LogP contribution in [0.25, 0.3) is 10.9 Å². The molecule has 0 atom stereocenters. The second-order valence-corrected chi connectivity index (χ2v) is 6.69. The fourth-order valence-electron chi connectivity index (χ4n) is 3.10. The summed E-state index contributed by atoms with van der Waals surface area (Å²) >= 11 is 0. The van der Waals surface area contributed by atoms with E-state index in [-0.39, 0.29) is 23.9 Å². The molecule has 2 aromatic carbocycles. The van der Waals surface area contributed by atoms with E-state index in [1.54, 1.807) is 23.7 Å². The highest BCUT2D eigenvalue weighted by Gasteiger charge is 2.28. The molecule has 0 bridgehead atoms. The Hall–Kier alpha value is -2.99. The van der Waals surface area contributed by atoms with Crippen molar-refractivity contribution in [3.05, 3.63) is 75.8 Å². The van der Waals surface area contributed by atoms with Gasteiger partial charge >= 0.3 is 0 Å². The van der Waals surface area contributed by atoms with Gasteiger partial charge in [0.15, 0.2) is 5.78 Å². The standard InChI is InChI=1S/C21H18FNO4/c1-23-19-4-2-13(6-14(19)3-5-20(23)24)10-27-18-8-15(7-17(22)9-18)21(25)16-11-26-12-16/h2-9,16H,10-12H2,1H3. The highest BCUT2D eigenvalue weighted by molar-refractivity contribution is 5.98. The molecule has 3 aromatic rings. The van der Waals surface area contributed by atoms with Crippen molar-refractivity contribution in [1.82, 2.24) is 4.57 Å². The van der Waals surface area contributed by atoms with Gasteiger partial charge in [0, 0.05) is 24.7 Å². The van der Waals surface area contributed by atoms with Gasteiger partial charge in [-0.25, -0.2) is 4.39 Å². The van der Waals surface area contributed by atoms with Gasteiger partial charge in [0.25, 0.3) is 5.56 Å². The minimum absolute atomic E-state index is 0.0691. The van der Waals surface area contributed by atoms with Gasteiger partial charge in [0.1, 0.15) is 18.2 Å². The number of aromatic nitrogens is 1. The summed E-state index contributed by atoms with van der Waals surface area (Å²) < 4.78 is 26.2. The quantitative estimate of drug-likeness (QED) is 0.651.